The third-order valence-corrected chi connectivity index (χ3v) is 4.83. The minimum Gasteiger partial charge on any atom is -0.372 e. The fraction of sp³-hybridized carbons (Fsp3) is 0.389. The van der Waals surface area contributed by atoms with Crippen LogP contribution in [0, 0.1) is 0 Å². The number of rotatable bonds is 3. The minimum atomic E-state index is -0.409. The van der Waals surface area contributed by atoms with E-state index < -0.39 is 5.56 Å². The fourth-order valence-electron chi connectivity index (χ4n) is 3.34. The summed E-state index contributed by atoms with van der Waals surface area (Å²) in [5.41, 5.74) is 0.704. The van der Waals surface area contributed by atoms with Crippen molar-refractivity contribution < 1.29 is 9.53 Å². The van der Waals surface area contributed by atoms with Crippen molar-refractivity contribution in [3.05, 3.63) is 46.0 Å². The first-order valence-corrected chi connectivity index (χ1v) is 9.30. The molecule has 3 heterocycles. The Bertz CT molecular complexity index is 1070. The van der Waals surface area contributed by atoms with Gasteiger partial charge in [-0.1, -0.05) is 16.8 Å². The molecule has 3 aromatic rings. The van der Waals surface area contributed by atoms with E-state index in [-0.39, 0.29) is 30.2 Å². The summed E-state index contributed by atoms with van der Waals surface area (Å²) >= 11 is 5.91. The maximum Gasteiger partial charge on any atom is 0.284 e. The number of hydrogen-bond acceptors (Lipinski definition) is 6. The van der Waals surface area contributed by atoms with E-state index in [1.165, 1.54) is 15.6 Å². The normalized spacial score (nSPS) is 19.9. The molecule has 2 aromatic heterocycles. The molecule has 1 fully saturated rings. The average Bonchev–Trinajstić information content (AvgIpc) is 3.08. The Morgan fingerprint density at radius 3 is 2.57 bits per heavy atom. The van der Waals surface area contributed by atoms with E-state index in [1.54, 1.807) is 29.2 Å². The quantitative estimate of drug-likeness (QED) is 0.654. The summed E-state index contributed by atoms with van der Waals surface area (Å²) in [6, 6.07) is 6.95. The predicted molar refractivity (Wildman–Crippen MR) is 103 cm³/mol. The van der Waals surface area contributed by atoms with E-state index in [1.807, 2.05) is 13.8 Å². The summed E-state index contributed by atoms with van der Waals surface area (Å²) in [6.07, 6.45) is 1.28. The molecule has 1 saturated heterocycles. The zero-order valence-electron chi connectivity index (χ0n) is 15.4. The van der Waals surface area contributed by atoms with Crippen LogP contribution in [-0.2, 0) is 16.1 Å². The molecule has 1 aromatic carbocycles. The van der Waals surface area contributed by atoms with Crippen molar-refractivity contribution in [3.8, 4) is 5.69 Å². The van der Waals surface area contributed by atoms with Gasteiger partial charge in [0.1, 0.15) is 12.9 Å². The minimum absolute atomic E-state index is 0.0377. The first-order chi connectivity index (χ1) is 13.4. The molecule has 0 saturated carbocycles. The van der Waals surface area contributed by atoms with E-state index >= 15 is 0 Å². The van der Waals surface area contributed by atoms with Gasteiger partial charge in [-0.2, -0.15) is 4.68 Å². The van der Waals surface area contributed by atoms with Crippen LogP contribution in [0.25, 0.3) is 16.9 Å². The number of amides is 1. The van der Waals surface area contributed by atoms with E-state index in [2.05, 4.69) is 15.3 Å². The highest BCUT2D eigenvalue weighted by Crippen LogP contribution is 2.15. The van der Waals surface area contributed by atoms with E-state index in [0.29, 0.717) is 29.4 Å². The van der Waals surface area contributed by atoms with Crippen LogP contribution in [-0.4, -0.2) is 60.6 Å². The topological polar surface area (TPSA) is 95.1 Å². The van der Waals surface area contributed by atoms with Crippen LogP contribution in [0.4, 0.5) is 0 Å². The fourth-order valence-corrected chi connectivity index (χ4v) is 3.47. The van der Waals surface area contributed by atoms with Gasteiger partial charge in [0.25, 0.3) is 5.56 Å². The Morgan fingerprint density at radius 2 is 1.89 bits per heavy atom. The molecule has 28 heavy (non-hydrogen) atoms. The first kappa shape index (κ1) is 18.6. The number of fused-ring (bicyclic) bond motifs is 1. The Labute approximate surface area is 165 Å². The van der Waals surface area contributed by atoms with Gasteiger partial charge in [-0.3, -0.25) is 14.2 Å². The largest absolute Gasteiger partial charge is 0.372 e. The Balaban J connectivity index is 1.61. The Kier molecular flexibility index (Phi) is 4.86. The summed E-state index contributed by atoms with van der Waals surface area (Å²) < 4.78 is 8.37. The third kappa shape index (κ3) is 3.50. The third-order valence-electron chi connectivity index (χ3n) is 4.58. The predicted octanol–water partition coefficient (Wildman–Crippen LogP) is 1.27. The lowest BCUT2D eigenvalue weighted by atomic mass is 10.2. The van der Waals surface area contributed by atoms with Crippen molar-refractivity contribution in [3.63, 3.8) is 0 Å². The molecule has 4 rings (SSSR count). The van der Waals surface area contributed by atoms with Crippen LogP contribution in [0.2, 0.25) is 5.02 Å². The highest BCUT2D eigenvalue weighted by molar-refractivity contribution is 6.30. The molecule has 1 aliphatic heterocycles. The first-order valence-electron chi connectivity index (χ1n) is 8.92. The second-order valence-electron chi connectivity index (χ2n) is 6.88. The van der Waals surface area contributed by atoms with Crippen molar-refractivity contribution in [2.24, 2.45) is 0 Å². The summed E-state index contributed by atoms with van der Waals surface area (Å²) in [5, 5.41) is 8.57. The summed E-state index contributed by atoms with van der Waals surface area (Å²) in [4.78, 5) is 31.4. The van der Waals surface area contributed by atoms with Crippen molar-refractivity contribution >= 4 is 28.7 Å². The number of morpholine rings is 1. The molecular weight excluding hydrogens is 384 g/mol. The molecule has 10 heteroatoms. The van der Waals surface area contributed by atoms with Crippen molar-refractivity contribution in [2.75, 3.05) is 13.1 Å². The SMILES string of the molecule is C[C@@H]1CN(C(=O)Cn2cnc3c(nnn3-c3ccc(Cl)cc3)c2=O)C[C@H](C)O1. The van der Waals surface area contributed by atoms with Gasteiger partial charge in [0.2, 0.25) is 5.91 Å². The number of carbonyl (C=O) groups excluding carboxylic acids is 1. The van der Waals surface area contributed by atoms with Crippen LogP contribution in [0.5, 0.6) is 0 Å². The van der Waals surface area contributed by atoms with Crippen LogP contribution in [0.3, 0.4) is 0 Å². The van der Waals surface area contributed by atoms with Crippen molar-refractivity contribution in [1.29, 1.82) is 0 Å². The zero-order valence-corrected chi connectivity index (χ0v) is 16.2. The smallest absolute Gasteiger partial charge is 0.284 e. The number of ether oxygens (including phenoxy) is 1. The number of hydrogen-bond donors (Lipinski definition) is 0. The number of carbonyl (C=O) groups is 1. The van der Waals surface area contributed by atoms with Gasteiger partial charge in [0, 0.05) is 18.1 Å². The molecule has 9 nitrogen and oxygen atoms in total. The van der Waals surface area contributed by atoms with Crippen molar-refractivity contribution in [1.82, 2.24) is 29.4 Å². The second kappa shape index (κ2) is 7.33. The van der Waals surface area contributed by atoms with Gasteiger partial charge in [-0.15, -0.1) is 5.10 Å². The number of halogens is 1. The summed E-state index contributed by atoms with van der Waals surface area (Å²) in [6.45, 7) is 4.74. The standard InChI is InChI=1S/C18H19ClN6O3/c1-11-7-23(8-12(2)28-11)15(26)9-24-10-20-17-16(18(24)27)21-22-25(17)14-5-3-13(19)4-6-14/h3-6,10-12H,7-9H2,1-2H3/t11-,12+. The van der Waals surface area contributed by atoms with E-state index in [0.717, 1.165) is 0 Å². The molecule has 146 valence electrons. The molecule has 2 atom stereocenters. The lowest BCUT2D eigenvalue weighted by molar-refractivity contribution is -0.143. The molecule has 1 amide bonds. The molecule has 0 N–H and O–H groups in total. The number of nitrogens with zero attached hydrogens (tertiary/aromatic N) is 6. The second-order valence-corrected chi connectivity index (χ2v) is 7.32. The van der Waals surface area contributed by atoms with Gasteiger partial charge in [-0.25, -0.2) is 4.98 Å². The number of aromatic nitrogens is 5. The molecule has 0 radical (unpaired) electrons. The van der Waals surface area contributed by atoms with E-state index in [9.17, 15) is 9.59 Å². The zero-order chi connectivity index (χ0) is 19.8. The Morgan fingerprint density at radius 1 is 1.21 bits per heavy atom. The van der Waals surface area contributed by atoms with Crippen molar-refractivity contribution in [2.45, 2.75) is 32.6 Å². The molecular formula is C18H19ClN6O3. The van der Waals surface area contributed by atoms with Gasteiger partial charge in [-0.05, 0) is 38.1 Å². The van der Waals surface area contributed by atoms with Crippen LogP contribution >= 0.6 is 11.6 Å². The molecule has 0 unspecified atom stereocenters. The maximum absolute atomic E-state index is 12.8. The molecule has 0 bridgehead atoms. The van der Waals surface area contributed by atoms with Crippen LogP contribution < -0.4 is 5.56 Å². The molecule has 0 aliphatic carbocycles. The number of benzene rings is 1. The lowest BCUT2D eigenvalue weighted by Gasteiger charge is -2.35. The molecule has 0 spiro atoms. The van der Waals surface area contributed by atoms with Crippen LogP contribution in [0.15, 0.2) is 35.4 Å². The van der Waals surface area contributed by atoms with Gasteiger partial charge in [0.15, 0.2) is 11.2 Å². The van der Waals surface area contributed by atoms with Gasteiger partial charge in [0.05, 0.1) is 17.9 Å². The van der Waals surface area contributed by atoms with Gasteiger partial charge >= 0.3 is 0 Å². The van der Waals surface area contributed by atoms with E-state index in [4.69, 9.17) is 16.3 Å². The maximum atomic E-state index is 12.8. The monoisotopic (exact) mass is 402 g/mol. The van der Waals surface area contributed by atoms with Gasteiger partial charge < -0.3 is 9.64 Å². The highest BCUT2D eigenvalue weighted by atomic mass is 35.5. The summed E-state index contributed by atoms with van der Waals surface area (Å²) in [5.74, 6) is -0.157. The molecule has 1 aliphatic rings. The lowest BCUT2D eigenvalue weighted by Crippen LogP contribution is -2.49. The highest BCUT2D eigenvalue weighted by Gasteiger charge is 2.26. The van der Waals surface area contributed by atoms with Crippen LogP contribution in [0.1, 0.15) is 13.8 Å². The average molecular weight is 403 g/mol. The Hall–Kier alpha value is -2.78. The summed E-state index contributed by atoms with van der Waals surface area (Å²) in [7, 11) is 0.